The topological polar surface area (TPSA) is 52.7 Å². The van der Waals surface area contributed by atoms with Crippen LogP contribution in [-0.4, -0.2) is 54.3 Å². The van der Waals surface area contributed by atoms with Crippen LogP contribution in [-0.2, 0) is 9.59 Å². The third-order valence-electron chi connectivity index (χ3n) is 3.79. The van der Waals surface area contributed by atoms with Gasteiger partial charge in [0.15, 0.2) is 0 Å². The number of hydrogen-bond acceptors (Lipinski definition) is 4. The molecule has 0 bridgehead atoms. The van der Waals surface area contributed by atoms with Gasteiger partial charge in [-0.15, -0.1) is 11.3 Å². The highest BCUT2D eigenvalue weighted by Gasteiger charge is 2.28. The predicted octanol–water partition coefficient (Wildman–Crippen LogP) is 1.48. The average Bonchev–Trinajstić information content (AvgIpc) is 2.90. The Morgan fingerprint density at radius 1 is 1.48 bits per heavy atom. The Hall–Kier alpha value is -1.40. The SMILES string of the molecule is CC(=O)N[C@@H](CC(=O)N1CCN(C)C[C@H]1C)c1cccs1. The number of carbonyl (C=O) groups is 2. The van der Waals surface area contributed by atoms with Crippen LogP contribution < -0.4 is 5.32 Å². The van der Waals surface area contributed by atoms with Crippen molar-refractivity contribution in [2.45, 2.75) is 32.4 Å². The lowest BCUT2D eigenvalue weighted by Crippen LogP contribution is -2.53. The summed E-state index contributed by atoms with van der Waals surface area (Å²) in [5, 5.41) is 4.85. The molecule has 1 aromatic rings. The zero-order valence-corrected chi connectivity index (χ0v) is 13.7. The molecule has 5 nitrogen and oxygen atoms in total. The molecule has 1 saturated heterocycles. The van der Waals surface area contributed by atoms with Gasteiger partial charge >= 0.3 is 0 Å². The van der Waals surface area contributed by atoms with Crippen LogP contribution in [0, 0.1) is 0 Å². The fourth-order valence-electron chi connectivity index (χ4n) is 2.76. The van der Waals surface area contributed by atoms with E-state index in [0.29, 0.717) is 6.42 Å². The summed E-state index contributed by atoms with van der Waals surface area (Å²) in [4.78, 5) is 29.1. The van der Waals surface area contributed by atoms with Crippen LogP contribution >= 0.6 is 11.3 Å². The molecule has 1 fully saturated rings. The largest absolute Gasteiger partial charge is 0.348 e. The van der Waals surface area contributed by atoms with Gasteiger partial charge in [0.25, 0.3) is 0 Å². The number of likely N-dealkylation sites (N-methyl/N-ethyl adjacent to an activating group) is 1. The third kappa shape index (κ3) is 4.28. The van der Waals surface area contributed by atoms with Crippen molar-refractivity contribution < 1.29 is 9.59 Å². The van der Waals surface area contributed by atoms with E-state index >= 15 is 0 Å². The van der Waals surface area contributed by atoms with E-state index in [-0.39, 0.29) is 23.9 Å². The van der Waals surface area contributed by atoms with Crippen molar-refractivity contribution >= 4 is 23.2 Å². The zero-order chi connectivity index (χ0) is 15.4. The van der Waals surface area contributed by atoms with E-state index < -0.39 is 0 Å². The molecule has 0 saturated carbocycles. The highest BCUT2D eigenvalue weighted by atomic mass is 32.1. The minimum atomic E-state index is -0.221. The van der Waals surface area contributed by atoms with E-state index in [4.69, 9.17) is 0 Å². The van der Waals surface area contributed by atoms with Crippen molar-refractivity contribution in [3.63, 3.8) is 0 Å². The summed E-state index contributed by atoms with van der Waals surface area (Å²) >= 11 is 1.57. The number of nitrogens with zero attached hydrogens (tertiary/aromatic N) is 2. The van der Waals surface area contributed by atoms with E-state index in [1.807, 2.05) is 22.4 Å². The van der Waals surface area contributed by atoms with Crippen molar-refractivity contribution in [1.29, 1.82) is 0 Å². The Kier molecular flexibility index (Phi) is 5.36. The van der Waals surface area contributed by atoms with Crippen LogP contribution in [0.2, 0.25) is 0 Å². The number of rotatable bonds is 4. The van der Waals surface area contributed by atoms with Crippen LogP contribution in [0.5, 0.6) is 0 Å². The van der Waals surface area contributed by atoms with Crippen LogP contribution in [0.4, 0.5) is 0 Å². The Balaban J connectivity index is 2.02. The summed E-state index contributed by atoms with van der Waals surface area (Å²) in [6, 6.07) is 3.91. The smallest absolute Gasteiger partial charge is 0.225 e. The number of hydrogen-bond donors (Lipinski definition) is 1. The van der Waals surface area contributed by atoms with Gasteiger partial charge in [-0.1, -0.05) is 6.07 Å². The van der Waals surface area contributed by atoms with Crippen LogP contribution in [0.3, 0.4) is 0 Å². The standard InChI is InChI=1S/C15H23N3O2S/c1-11-10-17(3)6-7-18(11)15(20)9-13(16-12(2)19)14-5-4-8-21-14/h4-5,8,11,13H,6-7,9-10H2,1-3H3,(H,16,19)/t11-,13+/m1/s1. The summed E-state index contributed by atoms with van der Waals surface area (Å²) < 4.78 is 0. The highest BCUT2D eigenvalue weighted by Crippen LogP contribution is 2.23. The van der Waals surface area contributed by atoms with E-state index in [1.54, 1.807) is 11.3 Å². The molecule has 2 rings (SSSR count). The predicted molar refractivity (Wildman–Crippen MR) is 84.2 cm³/mol. The second-order valence-corrected chi connectivity index (χ2v) is 6.65. The molecule has 2 atom stereocenters. The van der Waals surface area contributed by atoms with E-state index in [0.717, 1.165) is 24.5 Å². The molecular formula is C15H23N3O2S. The molecule has 21 heavy (non-hydrogen) atoms. The molecule has 116 valence electrons. The molecule has 2 heterocycles. The van der Waals surface area contributed by atoms with Crippen molar-refractivity contribution in [3.8, 4) is 0 Å². The first kappa shape index (κ1) is 16.0. The first-order valence-corrected chi connectivity index (χ1v) is 8.14. The maximum absolute atomic E-state index is 12.6. The number of carbonyl (C=O) groups excluding carboxylic acids is 2. The molecule has 1 N–H and O–H groups in total. The van der Waals surface area contributed by atoms with Gasteiger partial charge in [-0.05, 0) is 25.4 Å². The molecule has 1 aliphatic heterocycles. The van der Waals surface area contributed by atoms with Crippen molar-refractivity contribution in [2.24, 2.45) is 0 Å². The third-order valence-corrected chi connectivity index (χ3v) is 4.78. The number of nitrogens with one attached hydrogen (secondary N) is 1. The zero-order valence-electron chi connectivity index (χ0n) is 12.8. The van der Waals surface area contributed by atoms with Crippen molar-refractivity contribution in [1.82, 2.24) is 15.1 Å². The Labute approximate surface area is 129 Å². The minimum absolute atomic E-state index is 0.104. The normalized spacial score (nSPS) is 21.1. The molecule has 1 aromatic heterocycles. The second kappa shape index (κ2) is 7.04. The summed E-state index contributed by atoms with van der Waals surface area (Å²) in [6.07, 6.45) is 0.328. The van der Waals surface area contributed by atoms with Gasteiger partial charge in [-0.25, -0.2) is 0 Å². The minimum Gasteiger partial charge on any atom is -0.348 e. The molecule has 6 heteroatoms. The molecule has 2 amide bonds. The summed E-state index contributed by atoms with van der Waals surface area (Å²) in [5.41, 5.74) is 0. The monoisotopic (exact) mass is 309 g/mol. The maximum Gasteiger partial charge on any atom is 0.225 e. The molecule has 0 radical (unpaired) electrons. The Bertz CT molecular complexity index is 489. The van der Waals surface area contributed by atoms with Crippen molar-refractivity contribution in [2.75, 3.05) is 26.7 Å². The Morgan fingerprint density at radius 3 is 2.81 bits per heavy atom. The maximum atomic E-state index is 12.6. The van der Waals surface area contributed by atoms with E-state index in [9.17, 15) is 9.59 Å². The van der Waals surface area contributed by atoms with Gasteiger partial charge in [0.1, 0.15) is 0 Å². The van der Waals surface area contributed by atoms with Gasteiger partial charge in [0.05, 0.1) is 12.5 Å². The van der Waals surface area contributed by atoms with E-state index in [2.05, 4.69) is 24.2 Å². The average molecular weight is 309 g/mol. The number of piperazine rings is 1. The number of thiophene rings is 1. The van der Waals surface area contributed by atoms with Crippen LogP contribution in [0.1, 0.15) is 31.2 Å². The molecule has 0 aromatic carbocycles. The van der Waals surface area contributed by atoms with Crippen LogP contribution in [0.25, 0.3) is 0 Å². The highest BCUT2D eigenvalue weighted by molar-refractivity contribution is 7.10. The van der Waals surface area contributed by atoms with Crippen molar-refractivity contribution in [3.05, 3.63) is 22.4 Å². The quantitative estimate of drug-likeness (QED) is 0.916. The number of amides is 2. The van der Waals surface area contributed by atoms with Gasteiger partial charge in [-0.2, -0.15) is 0 Å². The van der Waals surface area contributed by atoms with Gasteiger partial charge in [-0.3, -0.25) is 9.59 Å². The lowest BCUT2D eigenvalue weighted by Gasteiger charge is -2.38. The van der Waals surface area contributed by atoms with Gasteiger partial charge in [0.2, 0.25) is 11.8 Å². The second-order valence-electron chi connectivity index (χ2n) is 5.67. The summed E-state index contributed by atoms with van der Waals surface area (Å²) in [7, 11) is 2.07. The molecule has 1 aliphatic rings. The molecule has 0 aliphatic carbocycles. The Morgan fingerprint density at radius 2 is 2.24 bits per heavy atom. The summed E-state index contributed by atoms with van der Waals surface area (Å²) in [6.45, 7) is 6.12. The fourth-order valence-corrected chi connectivity index (χ4v) is 3.54. The fraction of sp³-hybridized carbons (Fsp3) is 0.600. The first-order valence-electron chi connectivity index (χ1n) is 7.26. The molecular weight excluding hydrogens is 286 g/mol. The van der Waals surface area contributed by atoms with Crippen LogP contribution in [0.15, 0.2) is 17.5 Å². The summed E-state index contributed by atoms with van der Waals surface area (Å²) in [5.74, 6) is 0.00961. The van der Waals surface area contributed by atoms with E-state index in [1.165, 1.54) is 6.92 Å². The van der Waals surface area contributed by atoms with Gasteiger partial charge in [0, 0.05) is 37.5 Å². The first-order chi connectivity index (χ1) is 9.97. The molecule has 0 spiro atoms. The van der Waals surface area contributed by atoms with Gasteiger partial charge < -0.3 is 15.1 Å². The lowest BCUT2D eigenvalue weighted by atomic mass is 10.1. The molecule has 0 unspecified atom stereocenters. The lowest BCUT2D eigenvalue weighted by molar-refractivity contribution is -0.136.